The Balaban J connectivity index is 1.52. The van der Waals surface area contributed by atoms with Gasteiger partial charge in [-0.15, -0.1) is 0 Å². The standard InChI is InChI=1S/C25H36ClFN6O3/c1-5-6-9-31-10-7-8-17(31)16-35-23-29-20-18(15-28-21(26)19(20)27)22(30-23)32-11-13-33(14-12-32)24(34)36-25(2,3)4/h15,17H,5-14,16H2,1-4H3/t17-/m0/s1. The molecule has 2 aromatic rings. The van der Waals surface area contributed by atoms with Gasteiger partial charge >= 0.3 is 12.1 Å². The average molecular weight is 523 g/mol. The fraction of sp³-hybridized carbons (Fsp3) is 0.680. The molecule has 4 rings (SSSR count). The summed E-state index contributed by atoms with van der Waals surface area (Å²) < 4.78 is 26.5. The maximum atomic E-state index is 15.0. The molecule has 11 heteroatoms. The Kier molecular flexibility index (Phi) is 8.34. The van der Waals surface area contributed by atoms with Crippen LogP contribution in [0.5, 0.6) is 6.01 Å². The van der Waals surface area contributed by atoms with Crippen LogP contribution in [0.15, 0.2) is 6.20 Å². The number of halogens is 2. The van der Waals surface area contributed by atoms with Crippen LogP contribution in [0.1, 0.15) is 53.4 Å². The van der Waals surface area contributed by atoms with Crippen molar-refractivity contribution in [3.05, 3.63) is 17.2 Å². The maximum Gasteiger partial charge on any atom is 0.410 e. The van der Waals surface area contributed by atoms with Crippen molar-refractivity contribution in [2.24, 2.45) is 0 Å². The summed E-state index contributed by atoms with van der Waals surface area (Å²) in [7, 11) is 0. The molecule has 1 atom stereocenters. The number of nitrogens with zero attached hydrogens (tertiary/aromatic N) is 6. The van der Waals surface area contributed by atoms with E-state index < -0.39 is 11.4 Å². The Hall–Kier alpha value is -2.46. The largest absolute Gasteiger partial charge is 0.462 e. The molecule has 198 valence electrons. The highest BCUT2D eigenvalue weighted by Gasteiger charge is 2.29. The van der Waals surface area contributed by atoms with Crippen LogP contribution in [0, 0.1) is 5.82 Å². The second-order valence-corrected chi connectivity index (χ2v) is 10.8. The van der Waals surface area contributed by atoms with Crippen molar-refractivity contribution < 1.29 is 18.7 Å². The second-order valence-electron chi connectivity index (χ2n) is 10.4. The molecule has 0 spiro atoms. The molecule has 0 aliphatic carbocycles. The number of amides is 1. The fourth-order valence-corrected chi connectivity index (χ4v) is 4.78. The summed E-state index contributed by atoms with van der Waals surface area (Å²) in [6, 6.07) is 0.415. The number of fused-ring (bicyclic) bond motifs is 1. The van der Waals surface area contributed by atoms with Crippen molar-refractivity contribution >= 4 is 34.4 Å². The van der Waals surface area contributed by atoms with Gasteiger partial charge in [0.05, 0.1) is 5.39 Å². The number of likely N-dealkylation sites (tertiary alicyclic amines) is 1. The minimum absolute atomic E-state index is 0.0823. The van der Waals surface area contributed by atoms with E-state index in [2.05, 4.69) is 26.8 Å². The zero-order chi connectivity index (χ0) is 25.9. The molecule has 9 nitrogen and oxygen atoms in total. The molecule has 2 aliphatic heterocycles. The van der Waals surface area contributed by atoms with Gasteiger partial charge in [-0.25, -0.2) is 14.2 Å². The van der Waals surface area contributed by atoms with Crippen LogP contribution >= 0.6 is 11.6 Å². The summed E-state index contributed by atoms with van der Waals surface area (Å²) in [5.41, 5.74) is -0.476. The maximum absolute atomic E-state index is 15.0. The number of carbonyl (C=O) groups excluding carboxylic acids is 1. The van der Waals surface area contributed by atoms with Crippen molar-refractivity contribution in [1.29, 1.82) is 0 Å². The summed E-state index contributed by atoms with van der Waals surface area (Å²) in [4.78, 5) is 31.6. The Bertz CT molecular complexity index is 1070. The van der Waals surface area contributed by atoms with E-state index in [0.29, 0.717) is 50.0 Å². The van der Waals surface area contributed by atoms with E-state index in [9.17, 15) is 9.18 Å². The van der Waals surface area contributed by atoms with Crippen LogP contribution in [-0.4, -0.2) is 88.4 Å². The van der Waals surface area contributed by atoms with Gasteiger partial charge in [0.1, 0.15) is 23.5 Å². The minimum Gasteiger partial charge on any atom is -0.462 e. The average Bonchev–Trinajstić information content (AvgIpc) is 3.29. The molecule has 2 aliphatic rings. The van der Waals surface area contributed by atoms with Crippen LogP contribution in [0.25, 0.3) is 10.9 Å². The Labute approximate surface area is 216 Å². The van der Waals surface area contributed by atoms with Gasteiger partial charge in [-0.3, -0.25) is 4.90 Å². The lowest BCUT2D eigenvalue weighted by Gasteiger charge is -2.36. The molecular formula is C25H36ClFN6O3. The number of anilines is 1. The van der Waals surface area contributed by atoms with Gasteiger partial charge in [-0.2, -0.15) is 9.97 Å². The van der Waals surface area contributed by atoms with Crippen LogP contribution in [0.3, 0.4) is 0 Å². The van der Waals surface area contributed by atoms with Gasteiger partial charge < -0.3 is 19.3 Å². The molecule has 2 aromatic heterocycles. The summed E-state index contributed by atoms with van der Waals surface area (Å²) in [6.07, 6.45) is 5.64. The zero-order valence-electron chi connectivity index (χ0n) is 21.6. The van der Waals surface area contributed by atoms with E-state index in [4.69, 9.17) is 21.1 Å². The predicted molar refractivity (Wildman–Crippen MR) is 137 cm³/mol. The lowest BCUT2D eigenvalue weighted by molar-refractivity contribution is 0.0240. The van der Waals surface area contributed by atoms with E-state index in [1.165, 1.54) is 6.20 Å². The number of piperazine rings is 1. The van der Waals surface area contributed by atoms with Crippen molar-refractivity contribution in [1.82, 2.24) is 24.8 Å². The smallest absolute Gasteiger partial charge is 0.410 e. The number of pyridine rings is 1. The summed E-state index contributed by atoms with van der Waals surface area (Å²) in [6.45, 7) is 12.2. The molecule has 0 bridgehead atoms. The summed E-state index contributed by atoms with van der Waals surface area (Å²) in [5.74, 6) is -0.170. The van der Waals surface area contributed by atoms with E-state index in [1.807, 2.05) is 25.7 Å². The lowest BCUT2D eigenvalue weighted by atomic mass is 10.2. The molecule has 0 N–H and O–H groups in total. The Morgan fingerprint density at radius 1 is 1.19 bits per heavy atom. The number of hydrogen-bond acceptors (Lipinski definition) is 8. The molecule has 0 unspecified atom stereocenters. The van der Waals surface area contributed by atoms with Crippen LogP contribution < -0.4 is 9.64 Å². The molecular weight excluding hydrogens is 487 g/mol. The van der Waals surface area contributed by atoms with E-state index >= 15 is 0 Å². The van der Waals surface area contributed by atoms with Crippen molar-refractivity contribution in [2.75, 3.05) is 50.8 Å². The third kappa shape index (κ3) is 6.26. The fourth-order valence-electron chi connectivity index (χ4n) is 4.64. The number of ether oxygens (including phenoxy) is 2. The molecule has 4 heterocycles. The van der Waals surface area contributed by atoms with Crippen molar-refractivity contribution in [3.63, 3.8) is 0 Å². The molecule has 2 fully saturated rings. The minimum atomic E-state index is -0.694. The third-order valence-corrected chi connectivity index (χ3v) is 6.80. The molecule has 0 saturated carbocycles. The second kappa shape index (κ2) is 11.3. The highest BCUT2D eigenvalue weighted by Crippen LogP contribution is 2.31. The van der Waals surface area contributed by atoms with Gasteiger partial charge in [0, 0.05) is 38.4 Å². The quantitative estimate of drug-likeness (QED) is 0.491. The van der Waals surface area contributed by atoms with Gasteiger partial charge in [-0.1, -0.05) is 24.9 Å². The predicted octanol–water partition coefficient (Wildman–Crippen LogP) is 4.52. The van der Waals surface area contributed by atoms with Crippen LogP contribution in [0.4, 0.5) is 15.0 Å². The van der Waals surface area contributed by atoms with Gasteiger partial charge in [0.2, 0.25) is 0 Å². The first-order valence-corrected chi connectivity index (χ1v) is 13.2. The molecule has 36 heavy (non-hydrogen) atoms. The number of rotatable bonds is 7. The highest BCUT2D eigenvalue weighted by atomic mass is 35.5. The van der Waals surface area contributed by atoms with E-state index in [0.717, 1.165) is 38.8 Å². The first-order valence-electron chi connectivity index (χ1n) is 12.8. The normalized spacial score (nSPS) is 19.2. The first kappa shape index (κ1) is 26.6. The van der Waals surface area contributed by atoms with Gasteiger partial charge in [-0.05, 0) is 53.1 Å². The van der Waals surface area contributed by atoms with Gasteiger partial charge in [0.25, 0.3) is 0 Å². The molecule has 2 saturated heterocycles. The van der Waals surface area contributed by atoms with Crippen LogP contribution in [-0.2, 0) is 4.74 Å². The zero-order valence-corrected chi connectivity index (χ0v) is 22.4. The van der Waals surface area contributed by atoms with E-state index in [-0.39, 0.29) is 22.8 Å². The number of carbonyl (C=O) groups is 1. The van der Waals surface area contributed by atoms with Gasteiger partial charge in [0.15, 0.2) is 11.0 Å². The van der Waals surface area contributed by atoms with Crippen molar-refractivity contribution in [3.8, 4) is 6.01 Å². The van der Waals surface area contributed by atoms with Crippen molar-refractivity contribution in [2.45, 2.75) is 65.0 Å². The number of hydrogen-bond donors (Lipinski definition) is 0. The van der Waals surface area contributed by atoms with E-state index in [1.54, 1.807) is 4.90 Å². The highest BCUT2D eigenvalue weighted by molar-refractivity contribution is 6.30. The number of aromatic nitrogens is 3. The first-order chi connectivity index (χ1) is 17.2. The molecule has 0 radical (unpaired) electrons. The lowest BCUT2D eigenvalue weighted by Crippen LogP contribution is -2.50. The Morgan fingerprint density at radius 3 is 2.64 bits per heavy atom. The number of unbranched alkanes of at least 4 members (excludes halogenated alkanes) is 1. The molecule has 1 amide bonds. The Morgan fingerprint density at radius 2 is 1.94 bits per heavy atom. The third-order valence-electron chi connectivity index (χ3n) is 6.53. The summed E-state index contributed by atoms with van der Waals surface area (Å²) >= 11 is 5.97. The summed E-state index contributed by atoms with van der Waals surface area (Å²) in [5, 5.41) is 0.217. The topological polar surface area (TPSA) is 83.9 Å². The van der Waals surface area contributed by atoms with Crippen LogP contribution in [0.2, 0.25) is 5.15 Å². The molecule has 0 aromatic carbocycles. The monoisotopic (exact) mass is 522 g/mol. The SMILES string of the molecule is CCCCN1CCC[C@H]1COc1nc(N2CCN(C(=O)OC(C)(C)C)CC2)c2cnc(Cl)c(F)c2n1.